The minimum absolute atomic E-state index is 0.0684. The standard InChI is InChI=1S/C21H28N2O4S/c1-4-16-6-8-17(9-7-16)19(23(2)3)15-22-28(24,25)18-10-11-20-21(14-18)27-13-5-12-26-20/h6-11,14,19,22H,4-5,12-13,15H2,1-3H3. The summed E-state index contributed by atoms with van der Waals surface area (Å²) in [7, 11) is 0.222. The van der Waals surface area contributed by atoms with E-state index in [1.54, 1.807) is 12.1 Å². The zero-order valence-electron chi connectivity index (χ0n) is 16.6. The minimum Gasteiger partial charge on any atom is -0.490 e. The van der Waals surface area contributed by atoms with Crippen molar-refractivity contribution in [2.45, 2.75) is 30.7 Å². The van der Waals surface area contributed by atoms with Crippen LogP contribution in [0.25, 0.3) is 0 Å². The highest BCUT2D eigenvalue weighted by Crippen LogP contribution is 2.32. The zero-order chi connectivity index (χ0) is 20.1. The maximum atomic E-state index is 12.8. The maximum absolute atomic E-state index is 12.8. The van der Waals surface area contributed by atoms with Gasteiger partial charge in [0.05, 0.1) is 18.1 Å². The summed E-state index contributed by atoms with van der Waals surface area (Å²) in [5.74, 6) is 1.05. The number of rotatable bonds is 7. The molecule has 0 bridgehead atoms. The number of fused-ring (bicyclic) bond motifs is 1. The van der Waals surface area contributed by atoms with E-state index in [1.165, 1.54) is 11.6 Å². The van der Waals surface area contributed by atoms with Crippen molar-refractivity contribution in [2.75, 3.05) is 33.9 Å². The highest BCUT2D eigenvalue weighted by molar-refractivity contribution is 7.89. The molecule has 1 heterocycles. The Morgan fingerprint density at radius 2 is 1.71 bits per heavy atom. The van der Waals surface area contributed by atoms with E-state index in [0.29, 0.717) is 24.7 Å². The second kappa shape index (κ2) is 8.94. The molecule has 0 spiro atoms. The fourth-order valence-electron chi connectivity index (χ4n) is 3.16. The van der Waals surface area contributed by atoms with Gasteiger partial charge in [0.2, 0.25) is 10.0 Å². The van der Waals surface area contributed by atoms with E-state index >= 15 is 0 Å². The topological polar surface area (TPSA) is 67.9 Å². The van der Waals surface area contributed by atoms with Gasteiger partial charge >= 0.3 is 0 Å². The molecule has 0 aromatic heterocycles. The van der Waals surface area contributed by atoms with Crippen LogP contribution in [-0.2, 0) is 16.4 Å². The molecule has 0 radical (unpaired) electrons. The number of benzene rings is 2. The van der Waals surface area contributed by atoms with Crippen molar-refractivity contribution in [2.24, 2.45) is 0 Å². The van der Waals surface area contributed by atoms with Crippen molar-refractivity contribution in [1.29, 1.82) is 0 Å². The third-order valence-corrected chi connectivity index (χ3v) is 6.31. The lowest BCUT2D eigenvalue weighted by Gasteiger charge is -2.25. The molecule has 6 nitrogen and oxygen atoms in total. The van der Waals surface area contributed by atoms with Gasteiger partial charge in [-0.3, -0.25) is 0 Å². The molecule has 1 atom stereocenters. The Kier molecular flexibility index (Phi) is 6.59. The second-order valence-electron chi connectivity index (χ2n) is 7.09. The van der Waals surface area contributed by atoms with Gasteiger partial charge in [-0.1, -0.05) is 31.2 Å². The van der Waals surface area contributed by atoms with E-state index in [1.807, 2.05) is 19.0 Å². The van der Waals surface area contributed by atoms with Crippen LogP contribution in [0.1, 0.15) is 30.5 Å². The monoisotopic (exact) mass is 404 g/mol. The summed E-state index contributed by atoms with van der Waals surface area (Å²) in [6, 6.07) is 13.0. The van der Waals surface area contributed by atoms with Crippen LogP contribution in [0.5, 0.6) is 11.5 Å². The van der Waals surface area contributed by atoms with Crippen LogP contribution in [0.2, 0.25) is 0 Å². The lowest BCUT2D eigenvalue weighted by Crippen LogP contribution is -2.34. The Bertz CT molecular complexity index is 895. The van der Waals surface area contributed by atoms with E-state index in [0.717, 1.165) is 18.4 Å². The first kappa shape index (κ1) is 20.6. The smallest absolute Gasteiger partial charge is 0.240 e. The fourth-order valence-corrected chi connectivity index (χ4v) is 4.21. The number of sulfonamides is 1. The van der Waals surface area contributed by atoms with Gasteiger partial charge in [0.15, 0.2) is 11.5 Å². The first-order valence-electron chi connectivity index (χ1n) is 9.55. The first-order chi connectivity index (χ1) is 13.4. The Balaban J connectivity index is 1.76. The lowest BCUT2D eigenvalue weighted by atomic mass is 10.0. The molecule has 1 aliphatic heterocycles. The third-order valence-electron chi connectivity index (χ3n) is 4.89. The third kappa shape index (κ3) is 4.84. The van der Waals surface area contributed by atoms with Crippen LogP contribution in [0.4, 0.5) is 0 Å². The van der Waals surface area contributed by atoms with Crippen molar-refractivity contribution < 1.29 is 17.9 Å². The van der Waals surface area contributed by atoms with E-state index in [-0.39, 0.29) is 17.5 Å². The molecule has 28 heavy (non-hydrogen) atoms. The first-order valence-corrected chi connectivity index (χ1v) is 11.0. The van der Waals surface area contributed by atoms with Crippen LogP contribution < -0.4 is 14.2 Å². The zero-order valence-corrected chi connectivity index (χ0v) is 17.5. The lowest BCUT2D eigenvalue weighted by molar-refractivity contribution is 0.296. The summed E-state index contributed by atoms with van der Waals surface area (Å²) >= 11 is 0. The molecule has 3 rings (SSSR count). The summed E-state index contributed by atoms with van der Waals surface area (Å²) < 4.78 is 39.6. The van der Waals surface area contributed by atoms with Crippen molar-refractivity contribution in [3.05, 3.63) is 53.6 Å². The Hall–Kier alpha value is -2.09. The largest absolute Gasteiger partial charge is 0.490 e. The number of aryl methyl sites for hydroxylation is 1. The molecule has 0 saturated carbocycles. The molecular formula is C21H28N2O4S. The molecule has 7 heteroatoms. The number of ether oxygens (including phenoxy) is 2. The van der Waals surface area contributed by atoms with E-state index in [4.69, 9.17) is 9.47 Å². The molecule has 2 aromatic carbocycles. The highest BCUT2D eigenvalue weighted by atomic mass is 32.2. The van der Waals surface area contributed by atoms with Crippen molar-refractivity contribution in [3.63, 3.8) is 0 Å². The van der Waals surface area contributed by atoms with Gasteiger partial charge in [0.1, 0.15) is 0 Å². The molecule has 152 valence electrons. The number of nitrogens with zero attached hydrogens (tertiary/aromatic N) is 1. The number of likely N-dealkylation sites (N-methyl/N-ethyl adjacent to an activating group) is 1. The highest BCUT2D eigenvalue weighted by Gasteiger charge is 2.22. The van der Waals surface area contributed by atoms with Gasteiger partial charge in [-0.05, 0) is 43.8 Å². The Morgan fingerprint density at radius 1 is 1.04 bits per heavy atom. The molecule has 0 amide bonds. The fraction of sp³-hybridized carbons (Fsp3) is 0.429. The molecule has 2 aromatic rings. The van der Waals surface area contributed by atoms with Crippen LogP contribution in [-0.4, -0.2) is 47.2 Å². The normalized spacial score (nSPS) is 15.3. The van der Waals surface area contributed by atoms with Gasteiger partial charge in [0, 0.05) is 25.1 Å². The molecule has 0 aliphatic carbocycles. The maximum Gasteiger partial charge on any atom is 0.240 e. The van der Waals surface area contributed by atoms with Gasteiger partial charge in [-0.2, -0.15) is 0 Å². The molecule has 1 N–H and O–H groups in total. The van der Waals surface area contributed by atoms with Crippen LogP contribution in [0, 0.1) is 0 Å². The van der Waals surface area contributed by atoms with E-state index < -0.39 is 10.0 Å². The molecule has 1 aliphatic rings. The second-order valence-corrected chi connectivity index (χ2v) is 8.85. The number of nitrogens with one attached hydrogen (secondary N) is 1. The summed E-state index contributed by atoms with van der Waals surface area (Å²) in [5, 5.41) is 0. The number of hydrogen-bond donors (Lipinski definition) is 1. The summed E-state index contributed by atoms with van der Waals surface area (Å²) in [5.41, 5.74) is 2.33. The van der Waals surface area contributed by atoms with Gasteiger partial charge in [-0.15, -0.1) is 0 Å². The Morgan fingerprint density at radius 3 is 2.36 bits per heavy atom. The van der Waals surface area contributed by atoms with Gasteiger partial charge in [0.25, 0.3) is 0 Å². The minimum atomic E-state index is -3.67. The quantitative estimate of drug-likeness (QED) is 0.768. The van der Waals surface area contributed by atoms with E-state index in [9.17, 15) is 8.42 Å². The molecular weight excluding hydrogens is 376 g/mol. The number of hydrogen-bond acceptors (Lipinski definition) is 5. The molecule has 1 unspecified atom stereocenters. The van der Waals surface area contributed by atoms with Crippen LogP contribution in [0.15, 0.2) is 47.4 Å². The van der Waals surface area contributed by atoms with Crippen LogP contribution in [0.3, 0.4) is 0 Å². The predicted octanol–water partition coefficient (Wildman–Crippen LogP) is 2.99. The van der Waals surface area contributed by atoms with Crippen molar-refractivity contribution in [1.82, 2.24) is 9.62 Å². The van der Waals surface area contributed by atoms with E-state index in [2.05, 4.69) is 35.9 Å². The van der Waals surface area contributed by atoms with Crippen LogP contribution >= 0.6 is 0 Å². The predicted molar refractivity (Wildman–Crippen MR) is 109 cm³/mol. The summed E-state index contributed by atoms with van der Waals surface area (Å²) in [6.45, 7) is 3.47. The average Bonchev–Trinajstić information content (AvgIpc) is 2.93. The SMILES string of the molecule is CCc1ccc(C(CNS(=O)(=O)c2ccc3c(c2)OCCCO3)N(C)C)cc1. The summed E-state index contributed by atoms with van der Waals surface area (Å²) in [4.78, 5) is 2.19. The molecule has 0 fully saturated rings. The van der Waals surface area contributed by atoms with Crippen molar-refractivity contribution >= 4 is 10.0 Å². The van der Waals surface area contributed by atoms with Gasteiger partial charge < -0.3 is 14.4 Å². The molecule has 0 saturated heterocycles. The summed E-state index contributed by atoms with van der Waals surface area (Å²) in [6.07, 6.45) is 1.75. The Labute approximate surface area is 167 Å². The van der Waals surface area contributed by atoms with Gasteiger partial charge in [-0.25, -0.2) is 13.1 Å². The van der Waals surface area contributed by atoms with Crippen molar-refractivity contribution in [3.8, 4) is 11.5 Å². The average molecular weight is 405 g/mol.